The van der Waals surface area contributed by atoms with Gasteiger partial charge in [0, 0.05) is 50.0 Å². The zero-order chi connectivity index (χ0) is 16.5. The number of ether oxygens (including phenoxy) is 1. The van der Waals surface area contributed by atoms with Crippen molar-refractivity contribution in [3.63, 3.8) is 0 Å². The Bertz CT molecular complexity index is 748. The second kappa shape index (κ2) is 6.28. The smallest absolute Gasteiger partial charge is 0.264 e. The van der Waals surface area contributed by atoms with Crippen LogP contribution in [0, 0.1) is 0 Å². The largest absolute Gasteiger partial charge is 0.480 e. The molecule has 0 spiro atoms. The van der Waals surface area contributed by atoms with E-state index in [0.717, 1.165) is 24.4 Å². The summed E-state index contributed by atoms with van der Waals surface area (Å²) in [5, 5.41) is 0.668. The molecular weight excluding hydrogens is 328 g/mol. The van der Waals surface area contributed by atoms with E-state index in [1.54, 1.807) is 24.5 Å². The molecule has 24 heavy (non-hydrogen) atoms. The Labute approximate surface area is 145 Å². The summed E-state index contributed by atoms with van der Waals surface area (Å²) >= 11 is 6.01. The molecule has 7 heteroatoms. The van der Waals surface area contributed by atoms with Gasteiger partial charge in [0.2, 0.25) is 5.95 Å². The molecule has 6 nitrogen and oxygen atoms in total. The summed E-state index contributed by atoms with van der Waals surface area (Å²) in [6.45, 7) is 2.74. The maximum absolute atomic E-state index is 12.7. The van der Waals surface area contributed by atoms with Crippen molar-refractivity contribution in [3.05, 3.63) is 47.2 Å². The van der Waals surface area contributed by atoms with E-state index >= 15 is 0 Å². The number of carbonyl (C=O) groups is 1. The molecule has 1 aromatic heterocycles. The van der Waals surface area contributed by atoms with E-state index in [2.05, 4.69) is 14.9 Å². The summed E-state index contributed by atoms with van der Waals surface area (Å²) < 4.78 is 5.80. The minimum Gasteiger partial charge on any atom is -0.480 e. The molecule has 0 radical (unpaired) electrons. The summed E-state index contributed by atoms with van der Waals surface area (Å²) in [4.78, 5) is 25.2. The highest BCUT2D eigenvalue weighted by molar-refractivity contribution is 6.30. The van der Waals surface area contributed by atoms with Crippen LogP contribution in [0.2, 0.25) is 5.02 Å². The number of rotatable bonds is 2. The molecule has 0 unspecified atom stereocenters. The molecule has 0 aliphatic carbocycles. The van der Waals surface area contributed by atoms with Crippen molar-refractivity contribution >= 4 is 23.5 Å². The summed E-state index contributed by atoms with van der Waals surface area (Å²) in [7, 11) is 0. The topological polar surface area (TPSA) is 58.6 Å². The average Bonchev–Trinajstić information content (AvgIpc) is 3.05. The first-order valence-electron chi connectivity index (χ1n) is 7.96. The molecule has 124 valence electrons. The number of anilines is 1. The maximum Gasteiger partial charge on any atom is 0.264 e. The molecule has 2 aliphatic rings. The Balaban J connectivity index is 1.37. The summed E-state index contributed by atoms with van der Waals surface area (Å²) in [6, 6.07) is 7.28. The lowest BCUT2D eigenvalue weighted by Crippen LogP contribution is -2.52. The van der Waals surface area contributed by atoms with E-state index in [-0.39, 0.29) is 5.91 Å². The standard InChI is InChI=1S/C17H17ClN4O2/c18-13-2-3-14-12(10-13)11-15(24-14)16(23)21-6-8-22(9-7-21)17-19-4-1-5-20-17/h1-5,10,15H,6-9,11H2/t15-/m1/s1. The molecule has 3 heterocycles. The third-order valence-electron chi connectivity index (χ3n) is 4.40. The van der Waals surface area contributed by atoms with Gasteiger partial charge < -0.3 is 14.5 Å². The normalized spacial score (nSPS) is 19.8. The lowest BCUT2D eigenvalue weighted by molar-refractivity contribution is -0.138. The first-order valence-corrected chi connectivity index (χ1v) is 8.34. The number of nitrogens with zero attached hydrogens (tertiary/aromatic N) is 4. The van der Waals surface area contributed by atoms with Crippen LogP contribution in [0.15, 0.2) is 36.7 Å². The molecule has 1 amide bonds. The monoisotopic (exact) mass is 344 g/mol. The van der Waals surface area contributed by atoms with Gasteiger partial charge in [-0.3, -0.25) is 4.79 Å². The second-order valence-corrected chi connectivity index (χ2v) is 6.36. The van der Waals surface area contributed by atoms with Crippen molar-refractivity contribution in [3.8, 4) is 5.75 Å². The van der Waals surface area contributed by atoms with Crippen molar-refractivity contribution in [1.29, 1.82) is 0 Å². The van der Waals surface area contributed by atoms with Crippen LogP contribution in [0.3, 0.4) is 0 Å². The number of hydrogen-bond acceptors (Lipinski definition) is 5. The minimum absolute atomic E-state index is 0.0379. The van der Waals surface area contributed by atoms with Gasteiger partial charge in [0.15, 0.2) is 6.10 Å². The van der Waals surface area contributed by atoms with Gasteiger partial charge >= 0.3 is 0 Å². The molecule has 0 saturated carbocycles. The number of piperazine rings is 1. The van der Waals surface area contributed by atoms with Crippen LogP contribution >= 0.6 is 11.6 Å². The number of halogens is 1. The van der Waals surface area contributed by atoms with Crippen LogP contribution < -0.4 is 9.64 Å². The Morgan fingerprint density at radius 3 is 2.67 bits per heavy atom. The van der Waals surface area contributed by atoms with E-state index in [0.29, 0.717) is 30.5 Å². The van der Waals surface area contributed by atoms with Crippen LogP contribution in [0.4, 0.5) is 5.95 Å². The van der Waals surface area contributed by atoms with E-state index in [1.165, 1.54) is 0 Å². The van der Waals surface area contributed by atoms with Gasteiger partial charge in [0.25, 0.3) is 5.91 Å². The number of aromatic nitrogens is 2. The van der Waals surface area contributed by atoms with Crippen LogP contribution in [0.5, 0.6) is 5.75 Å². The molecular formula is C17H17ClN4O2. The van der Waals surface area contributed by atoms with Gasteiger partial charge in [-0.05, 0) is 29.8 Å². The van der Waals surface area contributed by atoms with Crippen molar-refractivity contribution in [1.82, 2.24) is 14.9 Å². The summed E-state index contributed by atoms with van der Waals surface area (Å²) in [5.41, 5.74) is 0.997. The fourth-order valence-electron chi connectivity index (χ4n) is 3.14. The Hall–Kier alpha value is -2.34. The molecule has 2 aliphatic heterocycles. The molecule has 2 aromatic rings. The quantitative estimate of drug-likeness (QED) is 0.831. The predicted molar refractivity (Wildman–Crippen MR) is 90.4 cm³/mol. The molecule has 1 atom stereocenters. The van der Waals surface area contributed by atoms with Crippen LogP contribution in [0.25, 0.3) is 0 Å². The van der Waals surface area contributed by atoms with Crippen LogP contribution in [-0.4, -0.2) is 53.1 Å². The van der Waals surface area contributed by atoms with E-state index < -0.39 is 6.10 Å². The molecule has 1 fully saturated rings. The highest BCUT2D eigenvalue weighted by atomic mass is 35.5. The van der Waals surface area contributed by atoms with Crippen molar-refractivity contribution in [2.45, 2.75) is 12.5 Å². The van der Waals surface area contributed by atoms with Crippen LogP contribution in [0.1, 0.15) is 5.56 Å². The molecule has 1 aromatic carbocycles. The predicted octanol–water partition coefficient (Wildman–Crippen LogP) is 1.78. The van der Waals surface area contributed by atoms with Crippen LogP contribution in [-0.2, 0) is 11.2 Å². The number of benzene rings is 1. The second-order valence-electron chi connectivity index (χ2n) is 5.92. The molecule has 4 rings (SSSR count). The Morgan fingerprint density at radius 1 is 1.17 bits per heavy atom. The zero-order valence-electron chi connectivity index (χ0n) is 13.1. The molecule has 0 bridgehead atoms. The third kappa shape index (κ3) is 2.89. The maximum atomic E-state index is 12.7. The number of fused-ring (bicyclic) bond motifs is 1. The van der Waals surface area contributed by atoms with Gasteiger partial charge in [-0.1, -0.05) is 11.6 Å². The number of hydrogen-bond donors (Lipinski definition) is 0. The fourth-order valence-corrected chi connectivity index (χ4v) is 3.33. The van der Waals surface area contributed by atoms with Gasteiger partial charge in [-0.15, -0.1) is 0 Å². The van der Waals surface area contributed by atoms with Crippen molar-refractivity contribution in [2.24, 2.45) is 0 Å². The van der Waals surface area contributed by atoms with E-state index in [9.17, 15) is 4.79 Å². The number of carbonyl (C=O) groups excluding carboxylic acids is 1. The Kier molecular flexibility index (Phi) is 3.98. The summed E-state index contributed by atoms with van der Waals surface area (Å²) in [6.07, 6.45) is 3.60. The van der Waals surface area contributed by atoms with Gasteiger partial charge in [-0.2, -0.15) is 0 Å². The lowest BCUT2D eigenvalue weighted by atomic mass is 10.1. The highest BCUT2D eigenvalue weighted by Crippen LogP contribution is 2.31. The first-order chi connectivity index (χ1) is 11.7. The summed E-state index contributed by atoms with van der Waals surface area (Å²) in [5.74, 6) is 1.51. The Morgan fingerprint density at radius 2 is 1.92 bits per heavy atom. The van der Waals surface area contributed by atoms with E-state index in [1.807, 2.05) is 17.0 Å². The minimum atomic E-state index is -0.446. The first kappa shape index (κ1) is 15.2. The lowest BCUT2D eigenvalue weighted by Gasteiger charge is -2.35. The van der Waals surface area contributed by atoms with E-state index in [4.69, 9.17) is 16.3 Å². The zero-order valence-corrected chi connectivity index (χ0v) is 13.8. The third-order valence-corrected chi connectivity index (χ3v) is 4.63. The van der Waals surface area contributed by atoms with Gasteiger partial charge in [0.1, 0.15) is 5.75 Å². The van der Waals surface area contributed by atoms with Crippen molar-refractivity contribution in [2.75, 3.05) is 31.1 Å². The molecule has 0 N–H and O–H groups in total. The van der Waals surface area contributed by atoms with Gasteiger partial charge in [-0.25, -0.2) is 9.97 Å². The molecule has 1 saturated heterocycles. The SMILES string of the molecule is O=C([C@H]1Cc2cc(Cl)ccc2O1)N1CCN(c2ncccn2)CC1. The fraction of sp³-hybridized carbons (Fsp3) is 0.353. The average molecular weight is 345 g/mol. The number of amides is 1. The van der Waals surface area contributed by atoms with Crippen molar-refractivity contribution < 1.29 is 9.53 Å². The highest BCUT2D eigenvalue weighted by Gasteiger charge is 2.34. The van der Waals surface area contributed by atoms with Gasteiger partial charge in [0.05, 0.1) is 0 Å².